The van der Waals surface area contributed by atoms with Gasteiger partial charge in [0.1, 0.15) is 0 Å². The van der Waals surface area contributed by atoms with Crippen molar-refractivity contribution in [3.05, 3.63) is 59.2 Å². The third-order valence-electron chi connectivity index (χ3n) is 4.27. The minimum Gasteiger partial charge on any atom is -0.452 e. The van der Waals surface area contributed by atoms with Crippen molar-refractivity contribution < 1.29 is 22.7 Å². The fourth-order valence-electron chi connectivity index (χ4n) is 2.93. The number of sulfonamides is 1. The summed E-state index contributed by atoms with van der Waals surface area (Å²) in [5.41, 5.74) is 2.83. The number of anilines is 1. The Bertz CT molecular complexity index is 960. The van der Waals surface area contributed by atoms with Crippen LogP contribution in [0.1, 0.15) is 35.3 Å². The Morgan fingerprint density at radius 2 is 1.52 bits per heavy atom. The maximum absolute atomic E-state index is 12.5. The predicted octanol–water partition coefficient (Wildman–Crippen LogP) is 3.13. The third kappa shape index (κ3) is 5.88. The van der Waals surface area contributed by atoms with Gasteiger partial charge in [0.05, 0.1) is 10.5 Å². The first kappa shape index (κ1) is 22.6. The van der Waals surface area contributed by atoms with Gasteiger partial charge in [-0.15, -0.1) is 0 Å². The normalized spacial score (nSPS) is 11.3. The van der Waals surface area contributed by atoms with Crippen molar-refractivity contribution in [2.75, 3.05) is 25.0 Å². The number of carbonyl (C=O) groups is 2. The molecule has 7 nitrogen and oxygen atoms in total. The van der Waals surface area contributed by atoms with E-state index < -0.39 is 28.5 Å². The summed E-state index contributed by atoms with van der Waals surface area (Å²) in [4.78, 5) is 24.3. The molecule has 0 bridgehead atoms. The number of hydrogen-bond donors (Lipinski definition) is 1. The molecule has 2 aromatic rings. The Kier molecular flexibility index (Phi) is 7.53. The molecule has 0 aliphatic carbocycles. The van der Waals surface area contributed by atoms with Gasteiger partial charge in [0.25, 0.3) is 5.91 Å². The van der Waals surface area contributed by atoms with Gasteiger partial charge in [-0.2, -0.15) is 4.31 Å². The maximum Gasteiger partial charge on any atom is 0.338 e. The molecule has 29 heavy (non-hydrogen) atoms. The van der Waals surface area contributed by atoms with E-state index >= 15 is 0 Å². The van der Waals surface area contributed by atoms with Crippen LogP contribution in [0, 0.1) is 13.8 Å². The van der Waals surface area contributed by atoms with Crippen LogP contribution in [0.25, 0.3) is 0 Å². The van der Waals surface area contributed by atoms with Crippen LogP contribution in [-0.2, 0) is 19.6 Å². The number of rotatable bonds is 8. The van der Waals surface area contributed by atoms with Crippen molar-refractivity contribution in [2.45, 2.75) is 32.6 Å². The number of carbonyl (C=O) groups excluding carboxylic acids is 2. The van der Waals surface area contributed by atoms with Crippen molar-refractivity contribution >= 4 is 27.6 Å². The second-order valence-corrected chi connectivity index (χ2v) is 8.55. The molecule has 0 saturated heterocycles. The largest absolute Gasteiger partial charge is 0.452 e. The van der Waals surface area contributed by atoms with Crippen LogP contribution in [0.3, 0.4) is 0 Å². The van der Waals surface area contributed by atoms with E-state index in [1.807, 2.05) is 32.0 Å². The van der Waals surface area contributed by atoms with Gasteiger partial charge in [0, 0.05) is 18.8 Å². The second-order valence-electron chi connectivity index (χ2n) is 6.61. The Morgan fingerprint density at radius 1 is 0.966 bits per heavy atom. The summed E-state index contributed by atoms with van der Waals surface area (Å²) in [5.74, 6) is -1.16. The van der Waals surface area contributed by atoms with E-state index in [-0.39, 0.29) is 10.5 Å². The second kappa shape index (κ2) is 9.67. The van der Waals surface area contributed by atoms with Crippen molar-refractivity contribution in [1.82, 2.24) is 4.31 Å². The number of ether oxygens (including phenoxy) is 1. The van der Waals surface area contributed by atoms with Gasteiger partial charge in [-0.25, -0.2) is 13.2 Å². The van der Waals surface area contributed by atoms with Crippen molar-refractivity contribution in [1.29, 1.82) is 0 Å². The molecule has 0 atom stereocenters. The lowest BCUT2D eigenvalue weighted by Crippen LogP contribution is -2.30. The van der Waals surface area contributed by atoms with Crippen LogP contribution < -0.4 is 5.32 Å². The number of nitrogens with one attached hydrogen (secondary N) is 1. The molecule has 0 radical (unpaired) electrons. The summed E-state index contributed by atoms with van der Waals surface area (Å²) in [7, 11) is -3.59. The van der Waals surface area contributed by atoms with Crippen molar-refractivity contribution in [2.24, 2.45) is 0 Å². The minimum absolute atomic E-state index is 0.102. The molecule has 1 N–H and O–H groups in total. The molecule has 0 heterocycles. The van der Waals surface area contributed by atoms with Crippen LogP contribution in [-0.4, -0.2) is 44.3 Å². The quantitative estimate of drug-likeness (QED) is 0.665. The van der Waals surface area contributed by atoms with Crippen molar-refractivity contribution in [3.63, 3.8) is 0 Å². The molecule has 1 amide bonds. The maximum atomic E-state index is 12.5. The zero-order valence-electron chi connectivity index (χ0n) is 17.1. The first-order valence-corrected chi connectivity index (χ1v) is 10.8. The van der Waals surface area contributed by atoms with Crippen LogP contribution in [0.4, 0.5) is 5.69 Å². The van der Waals surface area contributed by atoms with E-state index in [1.165, 1.54) is 28.6 Å². The Morgan fingerprint density at radius 3 is 2.03 bits per heavy atom. The van der Waals surface area contributed by atoms with Gasteiger partial charge in [-0.3, -0.25) is 4.79 Å². The monoisotopic (exact) mass is 418 g/mol. The Labute approximate surface area is 171 Å². The number of esters is 1. The molecule has 0 saturated carbocycles. The molecular formula is C21H26N2O5S. The average molecular weight is 419 g/mol. The molecule has 0 unspecified atom stereocenters. The van der Waals surface area contributed by atoms with Gasteiger partial charge in [0.15, 0.2) is 6.61 Å². The predicted molar refractivity (Wildman–Crippen MR) is 111 cm³/mol. The Hall–Kier alpha value is -2.71. The van der Waals surface area contributed by atoms with Crippen LogP contribution >= 0.6 is 0 Å². The van der Waals surface area contributed by atoms with Gasteiger partial charge >= 0.3 is 5.97 Å². The fourth-order valence-corrected chi connectivity index (χ4v) is 4.39. The number of hydrogen-bond acceptors (Lipinski definition) is 5. The first-order valence-electron chi connectivity index (χ1n) is 9.32. The average Bonchev–Trinajstić information content (AvgIpc) is 2.66. The molecule has 0 spiro atoms. The number of aryl methyl sites for hydroxylation is 2. The van der Waals surface area contributed by atoms with E-state index in [0.29, 0.717) is 18.8 Å². The molecule has 2 rings (SSSR count). The zero-order valence-corrected chi connectivity index (χ0v) is 17.9. The molecule has 156 valence electrons. The smallest absolute Gasteiger partial charge is 0.338 e. The fraction of sp³-hybridized carbons (Fsp3) is 0.333. The van der Waals surface area contributed by atoms with Crippen LogP contribution in [0.5, 0.6) is 0 Å². The van der Waals surface area contributed by atoms with Crippen LogP contribution in [0.2, 0.25) is 0 Å². The molecular weight excluding hydrogens is 392 g/mol. The SMILES string of the molecule is CCN(CC)S(=O)(=O)c1ccc(C(=O)OCC(=O)Nc2cc(C)cc(C)c2)cc1. The van der Waals surface area contributed by atoms with Gasteiger partial charge in [0.2, 0.25) is 10.0 Å². The van der Waals surface area contributed by atoms with E-state index in [0.717, 1.165) is 11.1 Å². The highest BCUT2D eigenvalue weighted by Gasteiger charge is 2.22. The van der Waals surface area contributed by atoms with Crippen LogP contribution in [0.15, 0.2) is 47.4 Å². The molecule has 0 fully saturated rings. The van der Waals surface area contributed by atoms with E-state index in [1.54, 1.807) is 13.8 Å². The Balaban J connectivity index is 1.98. The number of nitrogens with zero attached hydrogens (tertiary/aromatic N) is 1. The van der Waals surface area contributed by atoms with E-state index in [9.17, 15) is 18.0 Å². The number of amides is 1. The lowest BCUT2D eigenvalue weighted by molar-refractivity contribution is -0.119. The molecule has 0 aromatic heterocycles. The first-order chi connectivity index (χ1) is 13.7. The summed E-state index contributed by atoms with van der Waals surface area (Å²) in [5, 5.41) is 2.68. The topological polar surface area (TPSA) is 92.8 Å². The highest BCUT2D eigenvalue weighted by atomic mass is 32.2. The van der Waals surface area contributed by atoms with Gasteiger partial charge in [-0.05, 0) is 61.4 Å². The van der Waals surface area contributed by atoms with E-state index in [2.05, 4.69) is 5.32 Å². The summed E-state index contributed by atoms with van der Waals surface area (Å²) in [6.45, 7) is 7.65. The minimum atomic E-state index is -3.59. The van der Waals surface area contributed by atoms with Gasteiger partial charge < -0.3 is 10.1 Å². The molecule has 2 aromatic carbocycles. The summed E-state index contributed by atoms with van der Waals surface area (Å²) < 4.78 is 31.3. The lowest BCUT2D eigenvalue weighted by atomic mass is 10.1. The summed E-state index contributed by atoms with van der Waals surface area (Å²) in [6.07, 6.45) is 0. The zero-order chi connectivity index (χ0) is 21.6. The van der Waals surface area contributed by atoms with E-state index in [4.69, 9.17) is 4.74 Å². The van der Waals surface area contributed by atoms with Crippen molar-refractivity contribution in [3.8, 4) is 0 Å². The standard InChI is InChI=1S/C21H26N2O5S/c1-5-23(6-2)29(26,27)19-9-7-17(8-10-19)21(25)28-14-20(24)22-18-12-15(3)11-16(4)13-18/h7-13H,5-6,14H2,1-4H3,(H,22,24). The molecule has 0 aliphatic rings. The highest BCUT2D eigenvalue weighted by molar-refractivity contribution is 7.89. The summed E-state index contributed by atoms with van der Waals surface area (Å²) >= 11 is 0. The molecule has 0 aliphatic heterocycles. The lowest BCUT2D eigenvalue weighted by Gasteiger charge is -2.18. The third-order valence-corrected chi connectivity index (χ3v) is 6.34. The molecule has 8 heteroatoms. The summed E-state index contributed by atoms with van der Waals surface area (Å²) in [6, 6.07) is 11.1. The van der Waals surface area contributed by atoms with Gasteiger partial charge in [-0.1, -0.05) is 19.9 Å². The number of benzene rings is 2. The highest BCUT2D eigenvalue weighted by Crippen LogP contribution is 2.17.